The first-order valence-electron chi connectivity index (χ1n) is 3.87. The lowest BCUT2D eigenvalue weighted by Gasteiger charge is -2.07. The molecule has 1 rings (SSSR count). The number of anilines is 1. The van der Waals surface area contributed by atoms with Gasteiger partial charge in [-0.1, -0.05) is 23.2 Å². The van der Waals surface area contributed by atoms with Crippen LogP contribution in [0, 0.1) is 17.5 Å². The molecule has 0 aliphatic rings. The Balaban J connectivity index is 2.85. The van der Waals surface area contributed by atoms with Crippen molar-refractivity contribution < 1.29 is 13.2 Å². The van der Waals surface area contributed by atoms with E-state index in [1.807, 2.05) is 0 Å². The summed E-state index contributed by atoms with van der Waals surface area (Å²) in [5, 5.41) is 2.60. The molecule has 0 aliphatic carbocycles. The van der Waals surface area contributed by atoms with Gasteiger partial charge in [-0.05, 0) is 0 Å². The smallest absolute Gasteiger partial charge is 0.182 e. The molecule has 0 aliphatic heterocycles. The highest BCUT2D eigenvalue weighted by Gasteiger charge is 2.10. The average Bonchev–Trinajstić information content (AvgIpc) is 2.20. The molecular weight excluding hydrogens is 250 g/mol. The van der Waals surface area contributed by atoms with Crippen LogP contribution in [0.4, 0.5) is 18.9 Å². The molecule has 0 radical (unpaired) electrons. The van der Waals surface area contributed by atoms with Gasteiger partial charge in [-0.2, -0.15) is 0 Å². The van der Waals surface area contributed by atoms with Crippen LogP contribution in [0.1, 0.15) is 0 Å². The van der Waals surface area contributed by atoms with Gasteiger partial charge < -0.3 is 5.32 Å². The lowest BCUT2D eigenvalue weighted by atomic mass is 10.3. The molecule has 15 heavy (non-hydrogen) atoms. The third-order valence-electron chi connectivity index (χ3n) is 1.56. The van der Waals surface area contributed by atoms with Gasteiger partial charge in [-0.25, -0.2) is 13.2 Å². The fraction of sp³-hybridized carbons (Fsp3) is 0.111. The van der Waals surface area contributed by atoms with E-state index < -0.39 is 17.5 Å². The molecule has 82 valence electrons. The summed E-state index contributed by atoms with van der Waals surface area (Å²) < 4.78 is 38.4. The summed E-state index contributed by atoms with van der Waals surface area (Å²) in [5.74, 6) is -3.29. The molecule has 6 heteroatoms. The Morgan fingerprint density at radius 1 is 1.33 bits per heavy atom. The van der Waals surface area contributed by atoms with Crippen molar-refractivity contribution in [2.75, 3.05) is 11.9 Å². The van der Waals surface area contributed by atoms with Crippen LogP contribution in [0.5, 0.6) is 0 Å². The highest BCUT2D eigenvalue weighted by molar-refractivity contribution is 6.36. The summed E-state index contributed by atoms with van der Waals surface area (Å²) in [7, 11) is 0. The molecule has 1 nitrogen and oxygen atoms in total. The maximum absolute atomic E-state index is 13.0. The first-order valence-corrected chi connectivity index (χ1v) is 4.69. The van der Waals surface area contributed by atoms with E-state index in [0.717, 1.165) is 11.6 Å². The molecule has 0 spiro atoms. The van der Waals surface area contributed by atoms with Crippen molar-refractivity contribution in [3.05, 3.63) is 40.2 Å². The Morgan fingerprint density at radius 2 is 2.00 bits per heavy atom. The van der Waals surface area contributed by atoms with E-state index in [4.69, 9.17) is 23.2 Å². The van der Waals surface area contributed by atoms with Gasteiger partial charge in [0.1, 0.15) is 5.82 Å². The molecular formula is C9H6Cl2F3N. The van der Waals surface area contributed by atoms with Crippen LogP contribution in [-0.4, -0.2) is 6.54 Å². The second-order valence-electron chi connectivity index (χ2n) is 2.66. The summed E-state index contributed by atoms with van der Waals surface area (Å²) in [6.07, 6.45) is 0. The zero-order valence-electron chi connectivity index (χ0n) is 7.33. The molecule has 0 aromatic heterocycles. The minimum Gasteiger partial charge on any atom is -0.377 e. The van der Waals surface area contributed by atoms with Gasteiger partial charge in [-0.15, -0.1) is 0 Å². The molecule has 0 saturated heterocycles. The van der Waals surface area contributed by atoms with Crippen molar-refractivity contribution in [1.29, 1.82) is 0 Å². The maximum Gasteiger partial charge on any atom is 0.182 e. The second-order valence-corrected chi connectivity index (χ2v) is 3.36. The Hall–Kier alpha value is -0.870. The zero-order valence-corrected chi connectivity index (χ0v) is 8.84. The molecule has 0 fully saturated rings. The van der Waals surface area contributed by atoms with Crippen molar-refractivity contribution in [2.24, 2.45) is 0 Å². The normalized spacial score (nSPS) is 11.7. The first kappa shape index (κ1) is 12.2. The van der Waals surface area contributed by atoms with Crippen LogP contribution in [0.25, 0.3) is 0 Å². The van der Waals surface area contributed by atoms with Crippen LogP contribution in [-0.2, 0) is 0 Å². The summed E-state index contributed by atoms with van der Waals surface area (Å²) >= 11 is 10.7. The zero-order chi connectivity index (χ0) is 11.4. The summed E-state index contributed by atoms with van der Waals surface area (Å²) in [6.45, 7) is -0.00906. The van der Waals surface area contributed by atoms with Gasteiger partial charge in [0.2, 0.25) is 0 Å². The molecule has 1 aromatic carbocycles. The Labute approximate surface area is 94.5 Å². The van der Waals surface area contributed by atoms with Crippen molar-refractivity contribution in [1.82, 2.24) is 0 Å². The van der Waals surface area contributed by atoms with E-state index in [0.29, 0.717) is 6.07 Å². The van der Waals surface area contributed by atoms with Crippen molar-refractivity contribution in [3.8, 4) is 0 Å². The quantitative estimate of drug-likeness (QED) is 0.810. The van der Waals surface area contributed by atoms with E-state index in [-0.39, 0.29) is 17.3 Å². The minimum absolute atomic E-state index is 0.00906. The van der Waals surface area contributed by atoms with Crippen LogP contribution in [0.3, 0.4) is 0 Å². The third-order valence-corrected chi connectivity index (χ3v) is 2.18. The average molecular weight is 256 g/mol. The van der Waals surface area contributed by atoms with E-state index in [2.05, 4.69) is 5.32 Å². The summed E-state index contributed by atoms with van der Waals surface area (Å²) in [4.78, 5) is 0. The molecule has 0 bridgehead atoms. The summed E-state index contributed by atoms with van der Waals surface area (Å²) in [6, 6.07) is 1.29. The van der Waals surface area contributed by atoms with E-state index in [1.165, 1.54) is 0 Å². The molecule has 0 unspecified atom stereocenters. The maximum atomic E-state index is 13.0. The van der Waals surface area contributed by atoms with Gasteiger partial charge in [0.25, 0.3) is 0 Å². The molecule has 0 heterocycles. The number of halogens is 5. The highest BCUT2D eigenvalue weighted by Crippen LogP contribution is 2.19. The van der Waals surface area contributed by atoms with Gasteiger partial charge in [-0.3, -0.25) is 0 Å². The largest absolute Gasteiger partial charge is 0.377 e. The Kier molecular flexibility index (Phi) is 4.29. The summed E-state index contributed by atoms with van der Waals surface area (Å²) in [5.41, 5.74) is 0.770. The van der Waals surface area contributed by atoms with Gasteiger partial charge in [0.05, 0.1) is 12.2 Å². The standard InChI is InChI=1S/C9H6Cl2F3N/c10-3-5(11)4-15-8-2-6(12)1-7(13)9(8)14/h1-3,15H,4H2. The Bertz CT molecular complexity index is 393. The molecule has 0 amide bonds. The molecule has 1 aromatic rings. The van der Waals surface area contributed by atoms with Crippen LogP contribution in [0.15, 0.2) is 22.7 Å². The van der Waals surface area contributed by atoms with Crippen LogP contribution >= 0.6 is 23.2 Å². The number of hydrogen-bond acceptors (Lipinski definition) is 1. The second kappa shape index (κ2) is 5.28. The minimum atomic E-state index is -1.26. The lowest BCUT2D eigenvalue weighted by Crippen LogP contribution is -2.05. The van der Waals surface area contributed by atoms with Gasteiger partial charge in [0, 0.05) is 22.7 Å². The van der Waals surface area contributed by atoms with E-state index in [1.54, 1.807) is 0 Å². The van der Waals surface area contributed by atoms with Crippen LogP contribution in [0.2, 0.25) is 0 Å². The van der Waals surface area contributed by atoms with Crippen molar-refractivity contribution in [2.45, 2.75) is 0 Å². The fourth-order valence-corrected chi connectivity index (χ4v) is 1.05. The molecule has 1 N–H and O–H groups in total. The monoisotopic (exact) mass is 255 g/mol. The SMILES string of the molecule is Fc1cc(F)c(F)c(NCC(Cl)=CCl)c1. The molecule has 0 saturated carbocycles. The number of benzene rings is 1. The number of rotatable bonds is 3. The molecule has 0 atom stereocenters. The van der Waals surface area contributed by atoms with Gasteiger partial charge in [0.15, 0.2) is 11.6 Å². The van der Waals surface area contributed by atoms with Crippen molar-refractivity contribution in [3.63, 3.8) is 0 Å². The third kappa shape index (κ3) is 3.32. The fourth-order valence-electron chi connectivity index (χ4n) is 0.903. The van der Waals surface area contributed by atoms with Crippen molar-refractivity contribution >= 4 is 28.9 Å². The van der Waals surface area contributed by atoms with Gasteiger partial charge >= 0.3 is 0 Å². The first-order chi connectivity index (χ1) is 7.04. The van der Waals surface area contributed by atoms with Crippen LogP contribution < -0.4 is 5.32 Å². The topological polar surface area (TPSA) is 12.0 Å². The number of hydrogen-bond donors (Lipinski definition) is 1. The predicted molar refractivity (Wildman–Crippen MR) is 54.6 cm³/mol. The van der Waals surface area contributed by atoms with E-state index in [9.17, 15) is 13.2 Å². The van der Waals surface area contributed by atoms with E-state index >= 15 is 0 Å². The number of nitrogens with one attached hydrogen (secondary N) is 1. The predicted octanol–water partition coefficient (Wildman–Crippen LogP) is 3.83. The Morgan fingerprint density at radius 3 is 2.60 bits per heavy atom. The lowest BCUT2D eigenvalue weighted by molar-refractivity contribution is 0.497. The highest BCUT2D eigenvalue weighted by atomic mass is 35.5.